The molecule has 0 unspecified atom stereocenters. The van der Waals surface area contributed by atoms with Crippen LogP contribution in [0.4, 0.5) is 0 Å². The molecule has 0 aliphatic heterocycles. The zero-order valence-corrected chi connectivity index (χ0v) is 8.49. The third-order valence-electron chi connectivity index (χ3n) is 2.91. The first-order valence-corrected chi connectivity index (χ1v) is 5.19. The van der Waals surface area contributed by atoms with E-state index in [1.165, 1.54) is 11.1 Å². The van der Waals surface area contributed by atoms with Gasteiger partial charge in [0.1, 0.15) is 5.78 Å². The van der Waals surface area contributed by atoms with E-state index in [9.17, 15) is 4.79 Å². The summed E-state index contributed by atoms with van der Waals surface area (Å²) in [5, 5.41) is 0. The molecule has 0 radical (unpaired) electrons. The van der Waals surface area contributed by atoms with E-state index in [1.54, 1.807) is 0 Å². The lowest BCUT2D eigenvalue weighted by Gasteiger charge is -2.21. The molecule has 2 heteroatoms. The van der Waals surface area contributed by atoms with Crippen molar-refractivity contribution < 1.29 is 4.79 Å². The maximum Gasteiger partial charge on any atom is 0.132 e. The minimum absolute atomic E-state index is 0.418. The summed E-state index contributed by atoms with van der Waals surface area (Å²) in [5.74, 6) is 0.974. The SMILES string of the molecule is Cc1cncc(C2CCC(=O)CC2)c1. The van der Waals surface area contributed by atoms with E-state index in [4.69, 9.17) is 0 Å². The van der Waals surface area contributed by atoms with Crippen molar-refractivity contribution in [2.45, 2.75) is 38.5 Å². The second kappa shape index (κ2) is 3.91. The summed E-state index contributed by atoms with van der Waals surface area (Å²) in [4.78, 5) is 15.3. The molecule has 0 spiro atoms. The predicted octanol–water partition coefficient (Wildman–Crippen LogP) is 2.62. The van der Waals surface area contributed by atoms with Crippen molar-refractivity contribution in [2.75, 3.05) is 0 Å². The Hall–Kier alpha value is -1.18. The van der Waals surface area contributed by atoms with Crippen molar-refractivity contribution in [1.82, 2.24) is 4.98 Å². The van der Waals surface area contributed by atoms with E-state index in [2.05, 4.69) is 18.0 Å². The highest BCUT2D eigenvalue weighted by molar-refractivity contribution is 5.79. The van der Waals surface area contributed by atoms with Gasteiger partial charge in [-0.25, -0.2) is 0 Å². The summed E-state index contributed by atoms with van der Waals surface area (Å²) in [5.41, 5.74) is 2.51. The lowest BCUT2D eigenvalue weighted by molar-refractivity contribution is -0.120. The molecule has 0 atom stereocenters. The highest BCUT2D eigenvalue weighted by atomic mass is 16.1. The summed E-state index contributed by atoms with van der Waals surface area (Å²) >= 11 is 0. The average molecular weight is 189 g/mol. The first-order valence-electron chi connectivity index (χ1n) is 5.19. The smallest absolute Gasteiger partial charge is 0.132 e. The molecule has 74 valence electrons. The van der Waals surface area contributed by atoms with Crippen molar-refractivity contribution in [3.8, 4) is 0 Å². The fraction of sp³-hybridized carbons (Fsp3) is 0.500. The monoisotopic (exact) mass is 189 g/mol. The highest BCUT2D eigenvalue weighted by Gasteiger charge is 2.20. The molecule has 0 saturated heterocycles. The van der Waals surface area contributed by atoms with Crippen LogP contribution in [0.2, 0.25) is 0 Å². The summed E-state index contributed by atoms with van der Waals surface area (Å²) in [7, 11) is 0. The predicted molar refractivity (Wildman–Crippen MR) is 55.2 cm³/mol. The third-order valence-corrected chi connectivity index (χ3v) is 2.91. The molecule has 2 rings (SSSR count). The lowest BCUT2D eigenvalue weighted by Crippen LogP contribution is -2.12. The third kappa shape index (κ3) is 2.00. The van der Waals surface area contributed by atoms with Crippen LogP contribution in [0.5, 0.6) is 0 Å². The summed E-state index contributed by atoms with van der Waals surface area (Å²) < 4.78 is 0. The van der Waals surface area contributed by atoms with Gasteiger partial charge in [0.25, 0.3) is 0 Å². The fourth-order valence-electron chi connectivity index (χ4n) is 2.07. The molecule has 1 aromatic rings. The zero-order chi connectivity index (χ0) is 9.97. The molecule has 14 heavy (non-hydrogen) atoms. The van der Waals surface area contributed by atoms with Crippen LogP contribution < -0.4 is 0 Å². The molecule has 1 fully saturated rings. The number of pyridine rings is 1. The Kier molecular flexibility index (Phi) is 2.62. The topological polar surface area (TPSA) is 30.0 Å². The molecule has 1 aromatic heterocycles. The number of hydrogen-bond donors (Lipinski definition) is 0. The quantitative estimate of drug-likeness (QED) is 0.679. The van der Waals surface area contributed by atoms with Crippen LogP contribution in [-0.2, 0) is 4.79 Å². The van der Waals surface area contributed by atoms with Crippen LogP contribution in [0.3, 0.4) is 0 Å². The number of rotatable bonds is 1. The van der Waals surface area contributed by atoms with Crippen LogP contribution in [0.25, 0.3) is 0 Å². The maximum absolute atomic E-state index is 11.1. The van der Waals surface area contributed by atoms with Crippen molar-refractivity contribution in [2.24, 2.45) is 0 Å². The lowest BCUT2D eigenvalue weighted by atomic mass is 9.84. The van der Waals surface area contributed by atoms with Crippen LogP contribution in [-0.4, -0.2) is 10.8 Å². The van der Waals surface area contributed by atoms with Crippen molar-refractivity contribution in [3.05, 3.63) is 29.6 Å². The maximum atomic E-state index is 11.1. The molecule has 0 amide bonds. The normalized spacial score (nSPS) is 18.5. The average Bonchev–Trinajstić information content (AvgIpc) is 2.19. The number of carbonyl (C=O) groups excluding carboxylic acids is 1. The molecule has 0 bridgehead atoms. The molecule has 1 saturated carbocycles. The van der Waals surface area contributed by atoms with Gasteiger partial charge in [-0.3, -0.25) is 9.78 Å². The number of aryl methyl sites for hydroxylation is 1. The first kappa shape index (κ1) is 9.38. The Morgan fingerprint density at radius 2 is 2.00 bits per heavy atom. The number of aromatic nitrogens is 1. The van der Waals surface area contributed by atoms with Gasteiger partial charge in [0.05, 0.1) is 0 Å². The number of nitrogens with zero attached hydrogens (tertiary/aromatic N) is 1. The molecule has 1 aliphatic carbocycles. The number of Topliss-reactive ketones (excluding diaryl/α,β-unsaturated/α-hetero) is 1. The molecule has 0 aromatic carbocycles. The number of ketones is 1. The Morgan fingerprint density at radius 3 is 2.64 bits per heavy atom. The summed E-state index contributed by atoms with van der Waals surface area (Å²) in [6, 6.07) is 2.19. The Bertz CT molecular complexity index is 336. The zero-order valence-electron chi connectivity index (χ0n) is 8.49. The van der Waals surface area contributed by atoms with Gasteiger partial charge in [0, 0.05) is 25.2 Å². The van der Waals surface area contributed by atoms with Gasteiger partial charge in [0.2, 0.25) is 0 Å². The van der Waals surface area contributed by atoms with Gasteiger partial charge in [0.15, 0.2) is 0 Å². The highest BCUT2D eigenvalue weighted by Crippen LogP contribution is 2.30. The minimum atomic E-state index is 0.418. The van der Waals surface area contributed by atoms with E-state index in [1.807, 2.05) is 12.4 Å². The van der Waals surface area contributed by atoms with Crippen LogP contribution in [0, 0.1) is 6.92 Å². The van der Waals surface area contributed by atoms with Crippen LogP contribution >= 0.6 is 0 Å². The molecule has 0 N–H and O–H groups in total. The van der Waals surface area contributed by atoms with Gasteiger partial charge >= 0.3 is 0 Å². The van der Waals surface area contributed by atoms with Gasteiger partial charge in [-0.2, -0.15) is 0 Å². The van der Waals surface area contributed by atoms with Gasteiger partial charge in [-0.15, -0.1) is 0 Å². The van der Waals surface area contributed by atoms with E-state index >= 15 is 0 Å². The largest absolute Gasteiger partial charge is 0.300 e. The standard InChI is InChI=1S/C12H15NO/c1-9-6-11(8-13-7-9)10-2-4-12(14)5-3-10/h6-8,10H,2-5H2,1H3. The molecular formula is C12H15NO. The molecule has 1 heterocycles. The van der Waals surface area contributed by atoms with Crippen molar-refractivity contribution >= 4 is 5.78 Å². The summed E-state index contributed by atoms with van der Waals surface area (Å²) in [6.07, 6.45) is 7.32. The van der Waals surface area contributed by atoms with Crippen LogP contribution in [0.1, 0.15) is 42.7 Å². The first-order chi connectivity index (χ1) is 6.75. The summed E-state index contributed by atoms with van der Waals surface area (Å²) in [6.45, 7) is 2.06. The van der Waals surface area contributed by atoms with E-state index in [0.29, 0.717) is 11.7 Å². The second-order valence-electron chi connectivity index (χ2n) is 4.11. The fourth-order valence-corrected chi connectivity index (χ4v) is 2.07. The molecule has 2 nitrogen and oxygen atoms in total. The Labute approximate surface area is 84.4 Å². The van der Waals surface area contributed by atoms with Crippen molar-refractivity contribution in [1.29, 1.82) is 0 Å². The van der Waals surface area contributed by atoms with Crippen molar-refractivity contribution in [3.63, 3.8) is 0 Å². The minimum Gasteiger partial charge on any atom is -0.300 e. The Balaban J connectivity index is 2.12. The van der Waals surface area contributed by atoms with E-state index < -0.39 is 0 Å². The molecule has 1 aliphatic rings. The Morgan fingerprint density at radius 1 is 1.29 bits per heavy atom. The van der Waals surface area contributed by atoms with Gasteiger partial charge < -0.3 is 0 Å². The number of hydrogen-bond acceptors (Lipinski definition) is 2. The molecular weight excluding hydrogens is 174 g/mol. The van der Waals surface area contributed by atoms with Gasteiger partial charge in [-0.1, -0.05) is 6.07 Å². The van der Waals surface area contributed by atoms with E-state index in [-0.39, 0.29) is 0 Å². The number of carbonyl (C=O) groups is 1. The van der Waals surface area contributed by atoms with Gasteiger partial charge in [-0.05, 0) is 36.8 Å². The second-order valence-corrected chi connectivity index (χ2v) is 4.11. The van der Waals surface area contributed by atoms with Crippen LogP contribution in [0.15, 0.2) is 18.5 Å². The van der Waals surface area contributed by atoms with E-state index in [0.717, 1.165) is 25.7 Å².